The van der Waals surface area contributed by atoms with Crippen molar-refractivity contribution < 1.29 is 13.2 Å². The van der Waals surface area contributed by atoms with Gasteiger partial charge in [-0.3, -0.25) is 4.79 Å². The van der Waals surface area contributed by atoms with Crippen LogP contribution in [0.1, 0.15) is 28.0 Å². The number of aryl methyl sites for hydroxylation is 2. The first-order valence-corrected chi connectivity index (χ1v) is 10.3. The molecule has 0 aliphatic heterocycles. The Bertz CT molecular complexity index is 1130. The van der Waals surface area contributed by atoms with Crippen LogP contribution in [0.3, 0.4) is 0 Å². The molecule has 0 atom stereocenters. The molecule has 1 amide bonds. The summed E-state index contributed by atoms with van der Waals surface area (Å²) in [5.74, 6) is -0.710. The summed E-state index contributed by atoms with van der Waals surface area (Å²) < 4.78 is 23.3. The summed E-state index contributed by atoms with van der Waals surface area (Å²) in [5.41, 5.74) is 14.0. The van der Waals surface area contributed by atoms with Gasteiger partial charge in [-0.2, -0.15) is 0 Å². The molecule has 0 bridgehead atoms. The molecular weight excluding hydrogens is 364 g/mol. The highest BCUT2D eigenvalue weighted by Crippen LogP contribution is 2.25. The van der Waals surface area contributed by atoms with Gasteiger partial charge < -0.3 is 11.5 Å². The van der Waals surface area contributed by atoms with Crippen LogP contribution >= 0.6 is 0 Å². The Balaban J connectivity index is 1.80. The van der Waals surface area contributed by atoms with Gasteiger partial charge in [-0.15, -0.1) is 10.2 Å². The molecule has 0 spiro atoms. The number of anilines is 1. The molecule has 0 unspecified atom stereocenters. The zero-order valence-corrected chi connectivity index (χ0v) is 15.7. The fourth-order valence-electron chi connectivity index (χ4n) is 3.01. The van der Waals surface area contributed by atoms with Gasteiger partial charge in [0, 0.05) is 11.6 Å². The van der Waals surface area contributed by atoms with Crippen LogP contribution in [0.2, 0.25) is 0 Å². The number of nitrogen functional groups attached to an aromatic ring is 1. The Hall–Kier alpha value is -3.00. The van der Waals surface area contributed by atoms with Crippen molar-refractivity contribution in [3.63, 3.8) is 0 Å². The van der Waals surface area contributed by atoms with Gasteiger partial charge in [-0.25, -0.2) is 8.42 Å². The van der Waals surface area contributed by atoms with Gasteiger partial charge in [0.1, 0.15) is 0 Å². The minimum Gasteiger partial charge on any atom is -0.396 e. The lowest BCUT2D eigenvalue weighted by Crippen LogP contribution is -2.17. The SMILES string of the molecule is CS(=O)(=O)c1cccc(CCCc2cccc3c(N)c(C(N)=O)nnc23)c1. The molecule has 0 saturated carbocycles. The maximum atomic E-state index is 11.7. The van der Waals surface area contributed by atoms with E-state index in [1.165, 1.54) is 6.26 Å². The van der Waals surface area contributed by atoms with E-state index in [0.29, 0.717) is 22.2 Å². The smallest absolute Gasteiger partial charge is 0.271 e. The van der Waals surface area contributed by atoms with E-state index in [-0.39, 0.29) is 11.4 Å². The van der Waals surface area contributed by atoms with Crippen molar-refractivity contribution in [1.82, 2.24) is 10.2 Å². The average molecular weight is 384 g/mol. The Morgan fingerprint density at radius 3 is 2.52 bits per heavy atom. The molecule has 1 heterocycles. The van der Waals surface area contributed by atoms with Crippen LogP contribution in [-0.2, 0) is 22.7 Å². The molecule has 7 nitrogen and oxygen atoms in total. The number of benzene rings is 2. The van der Waals surface area contributed by atoms with E-state index >= 15 is 0 Å². The second kappa shape index (κ2) is 7.32. The molecule has 27 heavy (non-hydrogen) atoms. The van der Waals surface area contributed by atoms with Crippen molar-refractivity contribution in [3.05, 3.63) is 59.3 Å². The summed E-state index contributed by atoms with van der Waals surface area (Å²) in [6.45, 7) is 0. The zero-order chi connectivity index (χ0) is 19.6. The van der Waals surface area contributed by atoms with E-state index in [2.05, 4.69) is 10.2 Å². The van der Waals surface area contributed by atoms with E-state index in [4.69, 9.17) is 11.5 Å². The number of hydrogen-bond acceptors (Lipinski definition) is 6. The van der Waals surface area contributed by atoms with Crippen LogP contribution in [0.15, 0.2) is 47.4 Å². The molecule has 0 aliphatic carbocycles. The highest BCUT2D eigenvalue weighted by molar-refractivity contribution is 7.90. The highest BCUT2D eigenvalue weighted by Gasteiger charge is 2.14. The number of nitrogens with two attached hydrogens (primary N) is 2. The summed E-state index contributed by atoms with van der Waals surface area (Å²) in [4.78, 5) is 11.7. The highest BCUT2D eigenvalue weighted by atomic mass is 32.2. The zero-order valence-electron chi connectivity index (χ0n) is 14.8. The Morgan fingerprint density at radius 2 is 1.81 bits per heavy atom. The Morgan fingerprint density at radius 1 is 1.07 bits per heavy atom. The number of carbonyl (C=O) groups excluding carboxylic acids is 1. The van der Waals surface area contributed by atoms with Crippen LogP contribution in [0.4, 0.5) is 5.69 Å². The van der Waals surface area contributed by atoms with E-state index in [9.17, 15) is 13.2 Å². The molecule has 0 saturated heterocycles. The van der Waals surface area contributed by atoms with Crippen molar-refractivity contribution in [3.8, 4) is 0 Å². The average Bonchev–Trinajstić information content (AvgIpc) is 2.62. The van der Waals surface area contributed by atoms with Crippen molar-refractivity contribution in [2.45, 2.75) is 24.2 Å². The fraction of sp³-hybridized carbons (Fsp3) is 0.211. The lowest BCUT2D eigenvalue weighted by molar-refractivity contribution is 0.0995. The number of rotatable bonds is 6. The summed E-state index contributed by atoms with van der Waals surface area (Å²) >= 11 is 0. The first-order chi connectivity index (χ1) is 12.8. The molecule has 8 heteroatoms. The Labute approximate surface area is 157 Å². The first kappa shape index (κ1) is 18.8. The maximum absolute atomic E-state index is 11.7. The minimum absolute atomic E-state index is 0.0303. The minimum atomic E-state index is -3.22. The normalized spacial score (nSPS) is 11.6. The third-order valence-electron chi connectivity index (χ3n) is 4.39. The molecule has 140 valence electrons. The number of fused-ring (bicyclic) bond motifs is 1. The standard InChI is InChI=1S/C19H20N4O3S/c1-27(25,26)14-9-3-6-12(11-14)5-2-7-13-8-4-10-15-16(20)18(19(21)24)23-22-17(13)15/h3-4,6,8-11H,2,5,7H2,1H3,(H2,20,22)(H2,21,24). The fourth-order valence-corrected chi connectivity index (χ4v) is 3.70. The molecule has 3 aromatic rings. The summed E-state index contributed by atoms with van der Waals surface area (Å²) in [7, 11) is -3.22. The van der Waals surface area contributed by atoms with Gasteiger partial charge in [0.25, 0.3) is 5.91 Å². The molecule has 0 fully saturated rings. The largest absolute Gasteiger partial charge is 0.396 e. The van der Waals surface area contributed by atoms with E-state index in [1.807, 2.05) is 18.2 Å². The lowest BCUT2D eigenvalue weighted by atomic mass is 10.0. The van der Waals surface area contributed by atoms with Crippen molar-refractivity contribution in [1.29, 1.82) is 0 Å². The van der Waals surface area contributed by atoms with Crippen molar-refractivity contribution >= 4 is 32.3 Å². The molecule has 1 aromatic heterocycles. The van der Waals surface area contributed by atoms with Crippen LogP contribution in [0.25, 0.3) is 10.9 Å². The van der Waals surface area contributed by atoms with Crippen LogP contribution in [-0.4, -0.2) is 30.8 Å². The van der Waals surface area contributed by atoms with Crippen molar-refractivity contribution in [2.24, 2.45) is 5.73 Å². The predicted octanol–water partition coefficient (Wildman–Crippen LogP) is 1.89. The number of nitrogens with zero attached hydrogens (tertiary/aromatic N) is 2. The summed E-state index contributed by atoms with van der Waals surface area (Å²) in [6.07, 6.45) is 3.43. The van der Waals surface area contributed by atoms with Gasteiger partial charge >= 0.3 is 0 Å². The van der Waals surface area contributed by atoms with Crippen LogP contribution in [0.5, 0.6) is 0 Å². The number of primary amides is 1. The number of hydrogen-bond donors (Lipinski definition) is 2. The predicted molar refractivity (Wildman–Crippen MR) is 104 cm³/mol. The van der Waals surface area contributed by atoms with Crippen molar-refractivity contribution in [2.75, 3.05) is 12.0 Å². The second-order valence-electron chi connectivity index (χ2n) is 6.41. The second-order valence-corrected chi connectivity index (χ2v) is 8.43. The summed E-state index contributed by atoms with van der Waals surface area (Å²) in [5, 5.41) is 8.63. The van der Waals surface area contributed by atoms with Gasteiger partial charge in [-0.05, 0) is 42.5 Å². The molecular formula is C19H20N4O3S. The number of aromatic nitrogens is 2. The van der Waals surface area contributed by atoms with E-state index < -0.39 is 15.7 Å². The molecule has 0 radical (unpaired) electrons. The lowest BCUT2D eigenvalue weighted by Gasteiger charge is -2.09. The third-order valence-corrected chi connectivity index (χ3v) is 5.50. The van der Waals surface area contributed by atoms with E-state index in [1.54, 1.807) is 24.3 Å². The van der Waals surface area contributed by atoms with Crippen LogP contribution in [0, 0.1) is 0 Å². The topological polar surface area (TPSA) is 129 Å². The molecule has 4 N–H and O–H groups in total. The number of carbonyl (C=O) groups is 1. The summed E-state index contributed by atoms with van der Waals surface area (Å²) in [6, 6.07) is 12.5. The number of sulfone groups is 1. The van der Waals surface area contributed by atoms with Gasteiger partial charge in [0.15, 0.2) is 15.5 Å². The number of amides is 1. The molecule has 0 aliphatic rings. The molecule has 2 aromatic carbocycles. The van der Waals surface area contributed by atoms with Gasteiger partial charge in [0.05, 0.1) is 16.1 Å². The Kier molecular flexibility index (Phi) is 5.09. The van der Waals surface area contributed by atoms with Crippen LogP contribution < -0.4 is 11.5 Å². The first-order valence-electron chi connectivity index (χ1n) is 8.40. The quantitative estimate of drug-likeness (QED) is 0.668. The van der Waals surface area contributed by atoms with E-state index in [0.717, 1.165) is 24.0 Å². The monoisotopic (exact) mass is 384 g/mol. The molecule has 3 rings (SSSR count). The van der Waals surface area contributed by atoms with Gasteiger partial charge in [-0.1, -0.05) is 30.3 Å². The third kappa shape index (κ3) is 4.06. The maximum Gasteiger partial charge on any atom is 0.271 e. The van der Waals surface area contributed by atoms with Gasteiger partial charge in [0.2, 0.25) is 0 Å².